The van der Waals surface area contributed by atoms with Crippen molar-refractivity contribution in [3.8, 4) is 11.6 Å². The smallest absolute Gasteiger partial charge is 0.433 e. The van der Waals surface area contributed by atoms with Crippen molar-refractivity contribution in [3.63, 3.8) is 0 Å². The summed E-state index contributed by atoms with van der Waals surface area (Å²) in [5.74, 6) is -10.1. The molecule has 0 bridgehead atoms. The van der Waals surface area contributed by atoms with Crippen LogP contribution in [-0.2, 0) is 60.6 Å². The van der Waals surface area contributed by atoms with E-state index in [1.807, 2.05) is 0 Å². The van der Waals surface area contributed by atoms with Crippen molar-refractivity contribution in [1.82, 2.24) is 49.2 Å². The number of pyridine rings is 1. The minimum Gasteiger partial charge on any atom is -0.471 e. The third-order valence-corrected chi connectivity index (χ3v) is 12.1. The van der Waals surface area contributed by atoms with Gasteiger partial charge in [0.25, 0.3) is 17.9 Å². The quantitative estimate of drug-likeness (QED) is 0.117. The fourth-order valence-corrected chi connectivity index (χ4v) is 9.27. The zero-order valence-electron chi connectivity index (χ0n) is 34.5. The maximum absolute atomic E-state index is 15.5. The monoisotopic (exact) mass is 983 g/mol. The molecule has 7 aromatic rings. The summed E-state index contributed by atoms with van der Waals surface area (Å²) < 4.78 is 165. The van der Waals surface area contributed by atoms with Gasteiger partial charge in [-0.15, -0.1) is 0 Å². The highest BCUT2D eigenvalue weighted by atomic mass is 35.5. The first kappa shape index (κ1) is 45.5. The zero-order valence-corrected chi connectivity index (χ0v) is 36.1. The van der Waals surface area contributed by atoms with E-state index in [0.717, 1.165) is 36.1 Å². The first-order valence-corrected chi connectivity index (χ1v) is 22.0. The minimum absolute atomic E-state index is 0.000967. The molecule has 9 rings (SSSR count). The third-order valence-electron chi connectivity index (χ3n) is 11.2. The molecule has 3 atom stereocenters. The second kappa shape index (κ2) is 16.0. The molecular weight excluding hydrogens is 953 g/mol. The van der Waals surface area contributed by atoms with Gasteiger partial charge in [0.15, 0.2) is 11.5 Å². The molecular formula is C40H31ClF9N11O5S. The summed E-state index contributed by atoms with van der Waals surface area (Å²) >= 11 is 6.59. The van der Waals surface area contributed by atoms with Crippen molar-refractivity contribution < 1.29 is 57.5 Å². The highest BCUT2D eigenvalue weighted by Gasteiger charge is 2.67. The van der Waals surface area contributed by atoms with Crippen molar-refractivity contribution in [2.45, 2.75) is 56.5 Å². The molecule has 0 unspecified atom stereocenters. The number of amides is 1. The minimum atomic E-state index is -4.74. The van der Waals surface area contributed by atoms with Crippen LogP contribution < -0.4 is 20.3 Å². The molecule has 27 heteroatoms. The molecule has 0 spiro atoms. The van der Waals surface area contributed by atoms with Gasteiger partial charge in [-0.25, -0.2) is 31.0 Å². The van der Waals surface area contributed by atoms with Gasteiger partial charge in [0.1, 0.15) is 53.4 Å². The zero-order chi connectivity index (χ0) is 48.2. The molecule has 1 amide bonds. The van der Waals surface area contributed by atoms with E-state index in [9.17, 15) is 48.7 Å². The van der Waals surface area contributed by atoms with Gasteiger partial charge in [-0.2, -0.15) is 42.2 Å². The number of ether oxygens (including phenoxy) is 1. The van der Waals surface area contributed by atoms with Gasteiger partial charge in [0, 0.05) is 44.1 Å². The average molecular weight is 984 g/mol. The second-order valence-corrected chi connectivity index (χ2v) is 18.1. The van der Waals surface area contributed by atoms with Crippen LogP contribution in [0.3, 0.4) is 0 Å². The van der Waals surface area contributed by atoms with Gasteiger partial charge in [0.2, 0.25) is 21.8 Å². The molecule has 2 aliphatic carbocycles. The van der Waals surface area contributed by atoms with Crippen LogP contribution in [0.2, 0.25) is 5.02 Å². The number of aromatic nitrogens is 9. The number of halogens is 10. The van der Waals surface area contributed by atoms with Gasteiger partial charge < -0.3 is 10.1 Å². The summed E-state index contributed by atoms with van der Waals surface area (Å²) in [6.45, 7) is -1.63. The molecule has 67 heavy (non-hydrogen) atoms. The lowest BCUT2D eigenvalue weighted by atomic mass is 10.0. The topological polar surface area (TPSA) is 186 Å². The first-order valence-electron chi connectivity index (χ1n) is 19.7. The third kappa shape index (κ3) is 8.28. The van der Waals surface area contributed by atoms with Crippen molar-refractivity contribution >= 4 is 55.3 Å². The largest absolute Gasteiger partial charge is 0.471 e. The summed E-state index contributed by atoms with van der Waals surface area (Å²) in [5.41, 5.74) is -4.97. The number of nitrogens with one attached hydrogen (secondary N) is 2. The van der Waals surface area contributed by atoms with Crippen LogP contribution in [0.25, 0.3) is 27.6 Å². The number of carbonyl (C=O) groups is 1. The highest BCUT2D eigenvalue weighted by Crippen LogP contribution is 2.68. The van der Waals surface area contributed by atoms with E-state index in [1.165, 1.54) is 36.0 Å². The van der Waals surface area contributed by atoms with Gasteiger partial charge in [-0.05, 0) is 54.3 Å². The van der Waals surface area contributed by atoms with Crippen molar-refractivity contribution in [2.75, 3.05) is 11.0 Å². The molecule has 1 saturated carbocycles. The van der Waals surface area contributed by atoms with Crippen LogP contribution in [0.4, 0.5) is 45.3 Å². The van der Waals surface area contributed by atoms with Crippen LogP contribution in [0, 0.1) is 17.6 Å². The van der Waals surface area contributed by atoms with E-state index >= 15 is 8.78 Å². The molecule has 5 aromatic heterocycles. The molecule has 1 fully saturated rings. The predicted molar refractivity (Wildman–Crippen MR) is 218 cm³/mol. The lowest BCUT2D eigenvalue weighted by molar-refractivity contribution is -0.143. The van der Waals surface area contributed by atoms with Crippen LogP contribution in [0.1, 0.15) is 64.5 Å². The number of hydrogen-bond acceptors (Lipinski definition) is 10. The second-order valence-electron chi connectivity index (χ2n) is 16.0. The van der Waals surface area contributed by atoms with Gasteiger partial charge in [0.05, 0.1) is 39.3 Å². The molecule has 0 saturated heterocycles. The fraction of sp³-hybridized carbons (Fsp3) is 0.325. The maximum atomic E-state index is 15.5. The molecule has 352 valence electrons. The first-order chi connectivity index (χ1) is 31.4. The normalized spacial score (nSPS) is 17.0. The summed E-state index contributed by atoms with van der Waals surface area (Å²) in [4.78, 5) is 38.0. The number of anilines is 1. The molecule has 2 N–H and O–H groups in total. The Morgan fingerprint density at radius 2 is 1.72 bits per heavy atom. The number of fused-ring (bicyclic) bond motifs is 5. The van der Waals surface area contributed by atoms with Gasteiger partial charge in [-0.3, -0.25) is 32.9 Å². The van der Waals surface area contributed by atoms with Crippen LogP contribution >= 0.6 is 11.6 Å². The highest BCUT2D eigenvalue weighted by molar-refractivity contribution is 7.92. The molecule has 5 heterocycles. The standard InChI is InChI=1S/C40H31ClF9N11O5S/c1-58-26(40(48,49)50)12-19(54-58)15-66-28-7-4-20-35(52-28)53-37(61(38(20)63)25-6-5-23(41)30-32(25)59(2)56-36(30)57-67(3,64)65)24(10-16-8-17(42)11-18(43)9-16)51-27(62)14-60-33-29(31(55-60)34(44)45)21-13-22(21)39(33,46)47/h4-9,11-12,21-22,24,34H,10,13-15H2,1-3H3,(H,51,62)(H,56,57)/t21-,22+,24-/m0/s1. The van der Waals surface area contributed by atoms with Crippen LogP contribution in [0.15, 0.2) is 53.3 Å². The van der Waals surface area contributed by atoms with E-state index in [-0.39, 0.29) is 61.9 Å². The maximum Gasteiger partial charge on any atom is 0.433 e. The fourth-order valence-electron chi connectivity index (χ4n) is 8.53. The lowest BCUT2D eigenvalue weighted by Crippen LogP contribution is -2.38. The van der Waals surface area contributed by atoms with Gasteiger partial charge in [-0.1, -0.05) is 11.6 Å². The van der Waals surface area contributed by atoms with E-state index < -0.39 is 118 Å². The van der Waals surface area contributed by atoms with Crippen LogP contribution in [0.5, 0.6) is 5.88 Å². The van der Waals surface area contributed by atoms with E-state index in [1.54, 1.807) is 0 Å². The molecule has 0 aliphatic heterocycles. The van der Waals surface area contributed by atoms with E-state index in [0.29, 0.717) is 15.4 Å². The Kier molecular flexibility index (Phi) is 10.8. The Bertz CT molecular complexity index is 3350. The Morgan fingerprint density at radius 3 is 2.37 bits per heavy atom. The Hall–Kier alpha value is -6.70. The number of alkyl halides is 7. The number of rotatable bonds is 13. The average Bonchev–Trinajstić information content (AvgIpc) is 3.51. The van der Waals surface area contributed by atoms with Crippen LogP contribution in [-0.4, -0.2) is 64.5 Å². The number of hydrogen-bond donors (Lipinski definition) is 2. The number of benzene rings is 2. The molecule has 2 aromatic carbocycles. The summed E-state index contributed by atoms with van der Waals surface area (Å²) in [6, 6.07) is 6.40. The number of sulfonamides is 1. The SMILES string of the molecule is Cn1nc(COc2ccc3c(=O)n(-c4ccc(Cl)c5c(NS(C)(=O)=O)nn(C)c45)c([C@H](Cc4cc(F)cc(F)c4)NC(=O)Cn4nc(C(F)F)c5c4C(F)(F)[C@@H]4C[C@H]54)nc3n2)cc1C(F)(F)F. The summed E-state index contributed by atoms with van der Waals surface area (Å²) in [7, 11) is -1.53. The number of nitrogens with zero attached hydrogens (tertiary/aromatic N) is 9. The molecule has 16 nitrogen and oxygen atoms in total. The Balaban J connectivity index is 1.21. The van der Waals surface area contributed by atoms with Gasteiger partial charge >= 0.3 is 6.18 Å². The Labute approximate surface area is 375 Å². The van der Waals surface area contributed by atoms with Crippen molar-refractivity contribution in [1.29, 1.82) is 0 Å². The molecule has 2 aliphatic rings. The lowest BCUT2D eigenvalue weighted by Gasteiger charge is -2.24. The molecule has 0 radical (unpaired) electrons. The van der Waals surface area contributed by atoms with Crippen molar-refractivity contribution in [2.24, 2.45) is 20.0 Å². The van der Waals surface area contributed by atoms with E-state index in [2.05, 4.69) is 35.3 Å². The predicted octanol–water partition coefficient (Wildman–Crippen LogP) is 6.75. The summed E-state index contributed by atoms with van der Waals surface area (Å²) in [5, 5.41) is 14.0. The number of carbonyl (C=O) groups excluding carboxylic acids is 1. The van der Waals surface area contributed by atoms with E-state index in [4.69, 9.17) is 16.3 Å². The Morgan fingerprint density at radius 1 is 1.00 bits per heavy atom. The summed E-state index contributed by atoms with van der Waals surface area (Å²) in [6.07, 6.45) is -7.81. The number of aryl methyl sites for hydroxylation is 2. The van der Waals surface area contributed by atoms with Crippen molar-refractivity contribution in [3.05, 3.63) is 115 Å².